The van der Waals surface area contributed by atoms with Gasteiger partial charge in [-0.15, -0.1) is 0 Å². The molecule has 0 aromatic heterocycles. The fourth-order valence-corrected chi connectivity index (χ4v) is 7.37. The van der Waals surface area contributed by atoms with Crippen molar-refractivity contribution in [3.8, 4) is 0 Å². The zero-order valence-electron chi connectivity index (χ0n) is 17.8. The SMILES string of the molecule is CC(=O)O[C@@H]1[C@@H](C)[C@](C)(CC[C@H]2CCOC2=O)[C@H]2C[C@@H]3C[C@]4(CO4)[C@]2([C@H](O)O3)[C@H]1O. The molecule has 8 heteroatoms. The van der Waals surface area contributed by atoms with Gasteiger partial charge in [-0.1, -0.05) is 13.8 Å². The standard InChI is InChI=1S/C22H32O8/c1-11-16(29-12(2)23)17(24)22-15(8-14(30-19(22)26)9-21(22)10-28-21)20(11,3)6-4-13-5-7-27-18(13)25/h11,13-17,19,24,26H,4-10H2,1-3H3/t11-,13+,14-,15-,16-,17+,19-,20+,21+,22+/m1/s1. The van der Waals surface area contributed by atoms with Gasteiger partial charge in [0.25, 0.3) is 0 Å². The lowest BCUT2D eigenvalue weighted by atomic mass is 9.40. The minimum Gasteiger partial charge on any atom is -0.465 e. The highest BCUT2D eigenvalue weighted by Gasteiger charge is 2.82. The van der Waals surface area contributed by atoms with Crippen molar-refractivity contribution >= 4 is 11.9 Å². The number of aliphatic hydroxyl groups excluding tert-OH is 2. The van der Waals surface area contributed by atoms with Gasteiger partial charge in [0.2, 0.25) is 0 Å². The number of rotatable bonds is 4. The summed E-state index contributed by atoms with van der Waals surface area (Å²) in [4.78, 5) is 24.0. The van der Waals surface area contributed by atoms with E-state index >= 15 is 0 Å². The van der Waals surface area contributed by atoms with Crippen molar-refractivity contribution in [2.24, 2.45) is 28.6 Å². The summed E-state index contributed by atoms with van der Waals surface area (Å²) in [6.07, 6.45) is 0.245. The Morgan fingerprint density at radius 1 is 1.33 bits per heavy atom. The van der Waals surface area contributed by atoms with E-state index in [4.69, 9.17) is 18.9 Å². The Morgan fingerprint density at radius 3 is 2.67 bits per heavy atom. The minimum atomic E-state index is -1.19. The number of hydrogen-bond donors (Lipinski definition) is 2. The molecule has 2 N–H and O–H groups in total. The number of carbonyl (C=O) groups is 2. The fourth-order valence-electron chi connectivity index (χ4n) is 7.37. The van der Waals surface area contributed by atoms with E-state index in [-0.39, 0.29) is 35.2 Å². The van der Waals surface area contributed by atoms with Crippen molar-refractivity contribution in [2.75, 3.05) is 13.2 Å². The van der Waals surface area contributed by atoms with Crippen molar-refractivity contribution in [1.82, 2.24) is 0 Å². The number of fused-ring (bicyclic) bond motifs is 1. The largest absolute Gasteiger partial charge is 0.465 e. The summed E-state index contributed by atoms with van der Waals surface area (Å²) >= 11 is 0. The number of cyclic esters (lactones) is 1. The maximum atomic E-state index is 12.1. The van der Waals surface area contributed by atoms with E-state index in [0.717, 1.165) is 6.42 Å². The predicted octanol–water partition coefficient (Wildman–Crippen LogP) is 1.16. The van der Waals surface area contributed by atoms with E-state index in [1.54, 1.807) is 0 Å². The summed E-state index contributed by atoms with van der Waals surface area (Å²) in [5, 5.41) is 22.7. The highest BCUT2D eigenvalue weighted by atomic mass is 16.6. The highest BCUT2D eigenvalue weighted by Crippen LogP contribution is 2.72. The van der Waals surface area contributed by atoms with Crippen molar-refractivity contribution in [3.05, 3.63) is 0 Å². The molecular weight excluding hydrogens is 392 g/mol. The van der Waals surface area contributed by atoms with Crippen molar-refractivity contribution in [2.45, 2.75) is 83.1 Å². The third-order valence-electron chi connectivity index (χ3n) is 9.15. The van der Waals surface area contributed by atoms with Crippen LogP contribution >= 0.6 is 0 Å². The summed E-state index contributed by atoms with van der Waals surface area (Å²) in [6, 6.07) is 0. The lowest BCUT2D eigenvalue weighted by molar-refractivity contribution is -0.381. The Bertz CT molecular complexity index is 749. The Kier molecular flexibility index (Phi) is 4.57. The maximum Gasteiger partial charge on any atom is 0.309 e. The average molecular weight is 424 g/mol. The number of epoxide rings is 1. The fraction of sp³-hybridized carbons (Fsp3) is 0.909. The van der Waals surface area contributed by atoms with Gasteiger partial charge < -0.3 is 29.2 Å². The third-order valence-corrected chi connectivity index (χ3v) is 9.15. The second kappa shape index (κ2) is 6.64. The van der Waals surface area contributed by atoms with Crippen LogP contribution in [0.2, 0.25) is 0 Å². The Morgan fingerprint density at radius 2 is 2.07 bits per heavy atom. The van der Waals surface area contributed by atoms with Crippen LogP contribution in [-0.4, -0.2) is 65.6 Å². The van der Waals surface area contributed by atoms with Crippen LogP contribution in [0.5, 0.6) is 0 Å². The normalized spacial score (nSPS) is 54.0. The first kappa shape index (κ1) is 20.7. The van der Waals surface area contributed by atoms with E-state index in [1.807, 2.05) is 6.92 Å². The molecule has 2 bridgehead atoms. The zero-order chi connectivity index (χ0) is 21.5. The molecule has 6 aliphatic rings. The molecule has 2 aliphatic carbocycles. The van der Waals surface area contributed by atoms with Gasteiger partial charge in [-0.05, 0) is 37.0 Å². The van der Waals surface area contributed by atoms with E-state index in [1.165, 1.54) is 6.92 Å². The van der Waals surface area contributed by atoms with E-state index in [2.05, 4.69) is 6.92 Å². The maximum absolute atomic E-state index is 12.1. The third kappa shape index (κ3) is 2.54. The molecule has 10 atom stereocenters. The smallest absolute Gasteiger partial charge is 0.309 e. The van der Waals surface area contributed by atoms with Gasteiger partial charge in [-0.2, -0.15) is 0 Å². The predicted molar refractivity (Wildman–Crippen MR) is 102 cm³/mol. The van der Waals surface area contributed by atoms with Crippen molar-refractivity contribution < 1.29 is 38.7 Å². The minimum absolute atomic E-state index is 0.0794. The number of hydrogen-bond acceptors (Lipinski definition) is 8. The van der Waals surface area contributed by atoms with Crippen LogP contribution in [0.3, 0.4) is 0 Å². The van der Waals surface area contributed by atoms with E-state index in [0.29, 0.717) is 38.9 Å². The van der Waals surface area contributed by atoms with Crippen LogP contribution in [0.1, 0.15) is 52.9 Å². The molecule has 4 heterocycles. The Hall–Kier alpha value is -1.22. The highest BCUT2D eigenvalue weighted by molar-refractivity contribution is 5.74. The Labute approximate surface area is 176 Å². The molecular formula is C22H32O8. The molecule has 168 valence electrons. The number of esters is 2. The number of aliphatic hydroxyl groups is 2. The summed E-state index contributed by atoms with van der Waals surface area (Å²) in [5.74, 6) is -0.981. The van der Waals surface area contributed by atoms with Gasteiger partial charge in [-0.25, -0.2) is 0 Å². The summed E-state index contributed by atoms with van der Waals surface area (Å²) in [7, 11) is 0. The molecule has 2 spiro atoms. The molecule has 0 amide bonds. The van der Waals surface area contributed by atoms with E-state index in [9.17, 15) is 19.8 Å². The van der Waals surface area contributed by atoms with Gasteiger partial charge in [-0.3, -0.25) is 9.59 Å². The lowest BCUT2D eigenvalue weighted by Gasteiger charge is -2.69. The lowest BCUT2D eigenvalue weighted by Crippen LogP contribution is -2.78. The summed E-state index contributed by atoms with van der Waals surface area (Å²) in [6.45, 7) is 6.42. The second-order valence-corrected chi connectivity index (χ2v) is 10.3. The first-order chi connectivity index (χ1) is 14.2. The number of carbonyl (C=O) groups excluding carboxylic acids is 2. The average Bonchev–Trinajstić information content (AvgIpc) is 3.32. The summed E-state index contributed by atoms with van der Waals surface area (Å²) < 4.78 is 22.6. The molecule has 8 nitrogen and oxygen atoms in total. The Balaban J connectivity index is 1.55. The van der Waals surface area contributed by atoms with Crippen LogP contribution in [0, 0.1) is 28.6 Å². The quantitative estimate of drug-likeness (QED) is 0.510. The molecule has 0 aromatic carbocycles. The second-order valence-electron chi connectivity index (χ2n) is 10.3. The molecule has 0 radical (unpaired) electrons. The zero-order valence-corrected chi connectivity index (χ0v) is 17.8. The molecule has 6 fully saturated rings. The van der Waals surface area contributed by atoms with Gasteiger partial charge in [0.1, 0.15) is 17.8 Å². The van der Waals surface area contributed by atoms with Crippen LogP contribution in [-0.2, 0) is 28.5 Å². The van der Waals surface area contributed by atoms with Gasteiger partial charge in [0.15, 0.2) is 6.29 Å². The monoisotopic (exact) mass is 424 g/mol. The number of ether oxygens (including phenoxy) is 4. The molecule has 0 aromatic rings. The molecule has 0 unspecified atom stereocenters. The first-order valence-corrected chi connectivity index (χ1v) is 11.1. The van der Waals surface area contributed by atoms with Gasteiger partial charge in [0, 0.05) is 19.3 Å². The van der Waals surface area contributed by atoms with Crippen LogP contribution < -0.4 is 0 Å². The van der Waals surface area contributed by atoms with E-state index < -0.39 is 35.5 Å². The molecule has 4 saturated heterocycles. The van der Waals surface area contributed by atoms with Crippen LogP contribution in [0.15, 0.2) is 0 Å². The molecule has 2 saturated carbocycles. The van der Waals surface area contributed by atoms with Crippen molar-refractivity contribution in [3.63, 3.8) is 0 Å². The summed E-state index contributed by atoms with van der Waals surface area (Å²) in [5.41, 5.74) is -2.09. The van der Waals surface area contributed by atoms with Gasteiger partial charge >= 0.3 is 11.9 Å². The molecule has 30 heavy (non-hydrogen) atoms. The van der Waals surface area contributed by atoms with Crippen LogP contribution in [0.4, 0.5) is 0 Å². The topological polar surface area (TPSA) is 115 Å². The first-order valence-electron chi connectivity index (χ1n) is 11.1. The van der Waals surface area contributed by atoms with Gasteiger partial charge in [0.05, 0.1) is 30.7 Å². The molecule has 4 aliphatic heterocycles. The van der Waals surface area contributed by atoms with Crippen molar-refractivity contribution in [1.29, 1.82) is 0 Å². The molecule has 6 rings (SSSR count). The van der Waals surface area contributed by atoms with Crippen LogP contribution in [0.25, 0.3) is 0 Å².